The first kappa shape index (κ1) is 10.7. The van der Waals surface area contributed by atoms with Crippen LogP contribution in [0, 0.1) is 0 Å². The van der Waals surface area contributed by atoms with Gasteiger partial charge in [0.15, 0.2) is 0 Å². The van der Waals surface area contributed by atoms with Crippen molar-refractivity contribution in [2.45, 2.75) is 13.3 Å². The van der Waals surface area contributed by atoms with Crippen LogP contribution in [-0.4, -0.2) is 37.1 Å². The fourth-order valence-electron chi connectivity index (χ4n) is 0.603. The molecule has 0 heterocycles. The molecule has 5 heteroatoms. The average molecular weight is 174 g/mol. The van der Waals surface area contributed by atoms with E-state index < -0.39 is 12.0 Å². The smallest absolute Gasteiger partial charge is 0.409 e. The van der Waals surface area contributed by atoms with Crippen LogP contribution in [0.15, 0.2) is 0 Å². The van der Waals surface area contributed by atoms with Gasteiger partial charge in [0.25, 0.3) is 0 Å². The van der Waals surface area contributed by atoms with Crippen molar-refractivity contribution in [2.75, 3.05) is 20.2 Å². The van der Waals surface area contributed by atoms with E-state index in [1.165, 1.54) is 4.90 Å². The highest BCUT2D eigenvalue weighted by Crippen LogP contribution is 1.91. The highest BCUT2D eigenvalue weighted by molar-refractivity contribution is 5.75. The molecule has 0 radical (unpaired) electrons. The minimum atomic E-state index is -0.432. The van der Waals surface area contributed by atoms with Gasteiger partial charge in [-0.15, -0.1) is 0 Å². The van der Waals surface area contributed by atoms with Crippen LogP contribution in [0.2, 0.25) is 0 Å². The van der Waals surface area contributed by atoms with E-state index in [0.29, 0.717) is 13.2 Å². The molecule has 0 aliphatic rings. The molecule has 12 heavy (non-hydrogen) atoms. The summed E-state index contributed by atoms with van der Waals surface area (Å²) in [5.41, 5.74) is 4.90. The van der Waals surface area contributed by atoms with Crippen LogP contribution in [0.5, 0.6) is 0 Å². The summed E-state index contributed by atoms with van der Waals surface area (Å²) in [4.78, 5) is 22.5. The number of nitrogens with zero attached hydrogens (tertiary/aromatic N) is 1. The molecule has 5 nitrogen and oxygen atoms in total. The van der Waals surface area contributed by atoms with Crippen molar-refractivity contribution in [1.29, 1.82) is 0 Å². The van der Waals surface area contributed by atoms with Gasteiger partial charge in [-0.05, 0) is 6.92 Å². The lowest BCUT2D eigenvalue weighted by atomic mass is 10.4. The first-order chi connectivity index (χ1) is 5.57. The quantitative estimate of drug-likeness (QED) is 0.649. The van der Waals surface area contributed by atoms with E-state index in [1.807, 2.05) is 0 Å². The van der Waals surface area contributed by atoms with Crippen molar-refractivity contribution in [3.05, 3.63) is 0 Å². The van der Waals surface area contributed by atoms with E-state index in [-0.39, 0.29) is 6.42 Å². The Balaban J connectivity index is 3.63. The van der Waals surface area contributed by atoms with Gasteiger partial charge in [0.1, 0.15) is 0 Å². The molecule has 0 atom stereocenters. The van der Waals surface area contributed by atoms with Crippen LogP contribution in [-0.2, 0) is 9.53 Å². The number of carbonyl (C=O) groups is 2. The maximum absolute atomic E-state index is 10.9. The largest absolute Gasteiger partial charge is 0.450 e. The Morgan fingerprint density at radius 1 is 1.50 bits per heavy atom. The standard InChI is InChI=1S/C7H14N2O3/c1-3-12-7(11)9(2)5-4-6(8)10/h3-5H2,1-2H3,(H2,8,10). The van der Waals surface area contributed by atoms with Gasteiger partial charge in [-0.3, -0.25) is 4.79 Å². The van der Waals surface area contributed by atoms with Gasteiger partial charge in [-0.2, -0.15) is 0 Å². The Bertz CT molecular complexity index is 170. The van der Waals surface area contributed by atoms with Crippen molar-refractivity contribution in [1.82, 2.24) is 4.90 Å². The zero-order chi connectivity index (χ0) is 9.56. The first-order valence-corrected chi connectivity index (χ1v) is 3.74. The first-order valence-electron chi connectivity index (χ1n) is 3.74. The molecule has 0 aliphatic heterocycles. The molecule has 0 aromatic heterocycles. The fourth-order valence-corrected chi connectivity index (χ4v) is 0.603. The number of amides is 2. The summed E-state index contributed by atoms with van der Waals surface area (Å²) in [6.45, 7) is 2.35. The molecule has 0 saturated carbocycles. The van der Waals surface area contributed by atoms with Crippen molar-refractivity contribution in [3.63, 3.8) is 0 Å². The summed E-state index contributed by atoms with van der Waals surface area (Å²) in [5, 5.41) is 0. The summed E-state index contributed by atoms with van der Waals surface area (Å²) < 4.78 is 4.67. The molecule has 2 N–H and O–H groups in total. The number of ether oxygens (including phenoxy) is 1. The monoisotopic (exact) mass is 174 g/mol. The molecule has 0 fully saturated rings. The van der Waals surface area contributed by atoms with Gasteiger partial charge in [0.2, 0.25) is 5.91 Å². The lowest BCUT2D eigenvalue weighted by Gasteiger charge is -2.14. The highest BCUT2D eigenvalue weighted by atomic mass is 16.5. The molecule has 2 amide bonds. The summed E-state index contributed by atoms with van der Waals surface area (Å²) >= 11 is 0. The van der Waals surface area contributed by atoms with Gasteiger partial charge in [-0.25, -0.2) is 4.79 Å². The Hall–Kier alpha value is -1.26. The molecule has 0 unspecified atom stereocenters. The molecule has 0 spiro atoms. The Labute approximate surface area is 71.5 Å². The number of carbonyl (C=O) groups excluding carboxylic acids is 2. The van der Waals surface area contributed by atoms with Gasteiger partial charge >= 0.3 is 6.09 Å². The number of nitrogens with two attached hydrogens (primary N) is 1. The maximum atomic E-state index is 10.9. The zero-order valence-electron chi connectivity index (χ0n) is 7.37. The van der Waals surface area contributed by atoms with Crippen LogP contribution in [0.4, 0.5) is 4.79 Å². The van der Waals surface area contributed by atoms with E-state index in [2.05, 4.69) is 4.74 Å². The maximum Gasteiger partial charge on any atom is 0.409 e. The molecule has 0 rings (SSSR count). The Morgan fingerprint density at radius 3 is 2.50 bits per heavy atom. The Kier molecular flexibility index (Phi) is 4.83. The van der Waals surface area contributed by atoms with Crippen LogP contribution >= 0.6 is 0 Å². The zero-order valence-corrected chi connectivity index (χ0v) is 7.37. The third-order valence-corrected chi connectivity index (χ3v) is 1.27. The lowest BCUT2D eigenvalue weighted by Crippen LogP contribution is -2.30. The average Bonchev–Trinajstić information content (AvgIpc) is 2.00. The summed E-state index contributed by atoms with van der Waals surface area (Å²) in [6.07, 6.45) is -0.270. The second-order valence-corrected chi connectivity index (χ2v) is 2.34. The van der Waals surface area contributed by atoms with E-state index in [1.54, 1.807) is 14.0 Å². The Morgan fingerprint density at radius 2 is 2.08 bits per heavy atom. The second-order valence-electron chi connectivity index (χ2n) is 2.34. The number of hydrogen-bond acceptors (Lipinski definition) is 3. The van der Waals surface area contributed by atoms with Crippen molar-refractivity contribution in [3.8, 4) is 0 Å². The minimum absolute atomic E-state index is 0.162. The third-order valence-electron chi connectivity index (χ3n) is 1.27. The molecule has 70 valence electrons. The van der Waals surface area contributed by atoms with Crippen molar-refractivity contribution < 1.29 is 14.3 Å². The molecular weight excluding hydrogens is 160 g/mol. The molecule has 0 aromatic carbocycles. The number of primary amides is 1. The topological polar surface area (TPSA) is 72.6 Å². The number of hydrogen-bond donors (Lipinski definition) is 1. The van der Waals surface area contributed by atoms with Gasteiger partial charge in [0.05, 0.1) is 6.61 Å². The lowest BCUT2D eigenvalue weighted by molar-refractivity contribution is -0.118. The van der Waals surface area contributed by atoms with E-state index in [4.69, 9.17) is 5.73 Å². The van der Waals surface area contributed by atoms with Crippen LogP contribution in [0.25, 0.3) is 0 Å². The van der Waals surface area contributed by atoms with Crippen LogP contribution < -0.4 is 5.73 Å². The van der Waals surface area contributed by atoms with Crippen molar-refractivity contribution >= 4 is 12.0 Å². The molecule has 0 aliphatic carbocycles. The van der Waals surface area contributed by atoms with Crippen LogP contribution in [0.1, 0.15) is 13.3 Å². The molecular formula is C7H14N2O3. The van der Waals surface area contributed by atoms with Gasteiger partial charge in [-0.1, -0.05) is 0 Å². The normalized spacial score (nSPS) is 9.17. The van der Waals surface area contributed by atoms with E-state index in [0.717, 1.165) is 0 Å². The predicted molar refractivity (Wildman–Crippen MR) is 43.5 cm³/mol. The second kappa shape index (κ2) is 5.40. The van der Waals surface area contributed by atoms with E-state index >= 15 is 0 Å². The molecule has 0 saturated heterocycles. The SMILES string of the molecule is CCOC(=O)N(C)CCC(N)=O. The fraction of sp³-hybridized carbons (Fsp3) is 0.714. The summed E-state index contributed by atoms with van der Waals surface area (Å²) in [7, 11) is 1.56. The molecule has 0 aromatic rings. The molecule has 0 bridgehead atoms. The summed E-state index contributed by atoms with van der Waals surface area (Å²) in [5.74, 6) is -0.425. The van der Waals surface area contributed by atoms with Crippen molar-refractivity contribution in [2.24, 2.45) is 5.73 Å². The summed E-state index contributed by atoms with van der Waals surface area (Å²) in [6, 6.07) is 0. The van der Waals surface area contributed by atoms with E-state index in [9.17, 15) is 9.59 Å². The van der Waals surface area contributed by atoms with Gasteiger partial charge < -0.3 is 15.4 Å². The number of rotatable bonds is 4. The van der Waals surface area contributed by atoms with Gasteiger partial charge in [0, 0.05) is 20.0 Å². The highest BCUT2D eigenvalue weighted by Gasteiger charge is 2.08. The minimum Gasteiger partial charge on any atom is -0.450 e. The van der Waals surface area contributed by atoms with Crippen LogP contribution in [0.3, 0.4) is 0 Å². The third kappa shape index (κ3) is 4.54. The predicted octanol–water partition coefficient (Wildman–Crippen LogP) is -0.0499.